The highest BCUT2D eigenvalue weighted by molar-refractivity contribution is 5.77. The molecule has 1 unspecified atom stereocenters. The Kier molecular flexibility index (Phi) is 5.08. The molecule has 1 aromatic carbocycles. The van der Waals surface area contributed by atoms with Crippen molar-refractivity contribution in [1.82, 2.24) is 14.9 Å². The van der Waals surface area contributed by atoms with Crippen LogP contribution in [0, 0.1) is 12.7 Å². The van der Waals surface area contributed by atoms with Crippen LogP contribution in [-0.2, 0) is 9.53 Å². The quantitative estimate of drug-likeness (QED) is 0.898. The van der Waals surface area contributed by atoms with E-state index < -0.39 is 11.9 Å². The maximum Gasteiger partial charge on any atom is 0.260 e. The summed E-state index contributed by atoms with van der Waals surface area (Å²) < 4.78 is 24.1. The van der Waals surface area contributed by atoms with Crippen molar-refractivity contribution in [2.24, 2.45) is 0 Å². The van der Waals surface area contributed by atoms with E-state index >= 15 is 0 Å². The second-order valence-electron chi connectivity index (χ2n) is 5.70. The van der Waals surface area contributed by atoms with Crippen LogP contribution in [0.4, 0.5) is 4.39 Å². The second kappa shape index (κ2) is 7.43. The molecule has 8 heteroatoms. The maximum atomic E-state index is 13.1. The third-order valence-electron chi connectivity index (χ3n) is 3.79. The van der Waals surface area contributed by atoms with Crippen LogP contribution in [-0.4, -0.2) is 47.1 Å². The number of aryl methyl sites for hydroxylation is 1. The van der Waals surface area contributed by atoms with Gasteiger partial charge in [-0.25, -0.2) is 9.37 Å². The smallest absolute Gasteiger partial charge is 0.260 e. The summed E-state index contributed by atoms with van der Waals surface area (Å²) in [6.07, 6.45) is -0.465. The van der Waals surface area contributed by atoms with Gasteiger partial charge in [-0.3, -0.25) is 9.59 Å². The molecule has 0 aliphatic carbocycles. The van der Waals surface area contributed by atoms with Crippen LogP contribution in [0.3, 0.4) is 0 Å². The lowest BCUT2D eigenvalue weighted by atomic mass is 10.2. The number of carbonyl (C=O) groups is 1. The predicted molar refractivity (Wildman–Crippen MR) is 86.8 cm³/mol. The summed E-state index contributed by atoms with van der Waals surface area (Å²) in [5.41, 5.74) is 0.230. The molecule has 2 heterocycles. The first-order valence-corrected chi connectivity index (χ1v) is 7.87. The number of nitrogens with one attached hydrogen (secondary N) is 1. The molecule has 25 heavy (non-hydrogen) atoms. The van der Waals surface area contributed by atoms with Crippen molar-refractivity contribution in [3.05, 3.63) is 58.0 Å². The molecule has 0 bridgehead atoms. The lowest BCUT2D eigenvalue weighted by Crippen LogP contribution is -2.44. The second-order valence-corrected chi connectivity index (χ2v) is 5.70. The number of halogens is 1. The third kappa shape index (κ3) is 4.42. The Morgan fingerprint density at radius 2 is 2.32 bits per heavy atom. The zero-order valence-electron chi connectivity index (χ0n) is 13.7. The fraction of sp³-hybridized carbons (Fsp3) is 0.353. The van der Waals surface area contributed by atoms with Crippen molar-refractivity contribution in [3.8, 4) is 5.75 Å². The van der Waals surface area contributed by atoms with E-state index in [9.17, 15) is 14.0 Å². The highest BCUT2D eigenvalue weighted by Crippen LogP contribution is 2.20. The fourth-order valence-corrected chi connectivity index (χ4v) is 2.62. The van der Waals surface area contributed by atoms with Crippen molar-refractivity contribution in [1.29, 1.82) is 0 Å². The zero-order chi connectivity index (χ0) is 17.8. The van der Waals surface area contributed by atoms with E-state index in [-0.39, 0.29) is 24.6 Å². The van der Waals surface area contributed by atoms with Gasteiger partial charge >= 0.3 is 0 Å². The van der Waals surface area contributed by atoms with Crippen LogP contribution in [0.15, 0.2) is 35.1 Å². The molecule has 1 amide bonds. The highest BCUT2D eigenvalue weighted by Gasteiger charge is 2.27. The molecule has 1 aromatic heterocycles. The van der Waals surface area contributed by atoms with Crippen LogP contribution >= 0.6 is 0 Å². The van der Waals surface area contributed by atoms with Gasteiger partial charge in [-0.2, -0.15) is 0 Å². The number of benzene rings is 1. The van der Waals surface area contributed by atoms with Crippen LogP contribution in [0.5, 0.6) is 5.75 Å². The number of rotatable bonds is 4. The summed E-state index contributed by atoms with van der Waals surface area (Å²) in [6.45, 7) is 2.52. The van der Waals surface area contributed by atoms with Crippen molar-refractivity contribution >= 4 is 5.91 Å². The Morgan fingerprint density at radius 3 is 3.08 bits per heavy atom. The first kappa shape index (κ1) is 17.1. The Labute approximate surface area is 143 Å². The van der Waals surface area contributed by atoms with Gasteiger partial charge in [0, 0.05) is 18.7 Å². The Morgan fingerprint density at radius 1 is 1.48 bits per heavy atom. The van der Waals surface area contributed by atoms with Crippen LogP contribution in [0.25, 0.3) is 0 Å². The van der Waals surface area contributed by atoms with Gasteiger partial charge in [0.15, 0.2) is 6.61 Å². The standard InChI is InChI=1S/C17H18FN3O4/c1-11-19-14(8-16(22)20-11)15-9-21(5-6-24-15)17(23)10-25-13-4-2-3-12(18)7-13/h2-4,7-8,15H,5-6,9-10H2,1H3,(H,19,20,22). The molecule has 2 aromatic rings. The minimum absolute atomic E-state index is 0.196. The van der Waals surface area contributed by atoms with Gasteiger partial charge in [-0.05, 0) is 19.1 Å². The number of H-pyrrole nitrogens is 1. The van der Waals surface area contributed by atoms with Gasteiger partial charge < -0.3 is 19.4 Å². The van der Waals surface area contributed by atoms with Gasteiger partial charge in [0.05, 0.1) is 18.8 Å². The summed E-state index contributed by atoms with van der Waals surface area (Å²) in [5.74, 6) is 0.125. The van der Waals surface area contributed by atoms with E-state index in [1.165, 1.54) is 24.3 Å². The van der Waals surface area contributed by atoms with E-state index in [4.69, 9.17) is 9.47 Å². The number of morpholine rings is 1. The molecule has 0 radical (unpaired) electrons. The van der Waals surface area contributed by atoms with E-state index in [1.807, 2.05) is 0 Å². The van der Waals surface area contributed by atoms with E-state index in [1.54, 1.807) is 17.9 Å². The topological polar surface area (TPSA) is 84.5 Å². The lowest BCUT2D eigenvalue weighted by molar-refractivity contribution is -0.141. The molecule has 3 rings (SSSR count). The molecule has 1 fully saturated rings. The zero-order valence-corrected chi connectivity index (χ0v) is 13.7. The summed E-state index contributed by atoms with van der Waals surface area (Å²) in [5, 5.41) is 0. The molecule has 1 saturated heterocycles. The maximum absolute atomic E-state index is 13.1. The van der Waals surface area contributed by atoms with Crippen molar-refractivity contribution in [2.45, 2.75) is 13.0 Å². The summed E-state index contributed by atoms with van der Waals surface area (Å²) in [6, 6.07) is 6.99. The molecule has 1 N–H and O–H groups in total. The lowest BCUT2D eigenvalue weighted by Gasteiger charge is -2.32. The van der Waals surface area contributed by atoms with Gasteiger partial charge in [0.25, 0.3) is 11.5 Å². The molecule has 0 spiro atoms. The van der Waals surface area contributed by atoms with Gasteiger partial charge in [-0.1, -0.05) is 6.07 Å². The SMILES string of the molecule is Cc1nc(C2CN(C(=O)COc3cccc(F)c3)CCO2)cc(=O)[nH]1. The van der Waals surface area contributed by atoms with E-state index in [2.05, 4.69) is 9.97 Å². The summed E-state index contributed by atoms with van der Waals surface area (Å²) in [7, 11) is 0. The molecule has 7 nitrogen and oxygen atoms in total. The van der Waals surface area contributed by atoms with E-state index in [0.29, 0.717) is 30.4 Å². The Bertz CT molecular complexity index is 824. The number of aromatic nitrogens is 2. The van der Waals surface area contributed by atoms with Crippen LogP contribution in [0.1, 0.15) is 17.6 Å². The number of ether oxygens (including phenoxy) is 2. The highest BCUT2D eigenvalue weighted by atomic mass is 19.1. The van der Waals surface area contributed by atoms with Gasteiger partial charge in [-0.15, -0.1) is 0 Å². The minimum atomic E-state index is -0.465. The van der Waals surface area contributed by atoms with E-state index in [0.717, 1.165) is 0 Å². The third-order valence-corrected chi connectivity index (χ3v) is 3.79. The van der Waals surface area contributed by atoms with Crippen LogP contribution in [0.2, 0.25) is 0 Å². The predicted octanol–water partition coefficient (Wildman–Crippen LogP) is 1.20. The molecule has 1 aliphatic heterocycles. The largest absolute Gasteiger partial charge is 0.484 e. The molecular formula is C17H18FN3O4. The number of carbonyl (C=O) groups excluding carboxylic acids is 1. The molecule has 1 aliphatic rings. The first-order valence-electron chi connectivity index (χ1n) is 7.87. The summed E-state index contributed by atoms with van der Waals surface area (Å²) in [4.78, 5) is 32.3. The fourth-order valence-electron chi connectivity index (χ4n) is 2.62. The van der Waals surface area contributed by atoms with Crippen molar-refractivity contribution in [3.63, 3.8) is 0 Å². The summed E-state index contributed by atoms with van der Waals surface area (Å²) >= 11 is 0. The Balaban J connectivity index is 1.62. The molecule has 0 saturated carbocycles. The monoisotopic (exact) mass is 347 g/mol. The number of amides is 1. The number of hydrogen-bond acceptors (Lipinski definition) is 5. The average Bonchev–Trinajstić information content (AvgIpc) is 2.59. The first-order chi connectivity index (χ1) is 12.0. The number of hydrogen-bond donors (Lipinski definition) is 1. The van der Waals surface area contributed by atoms with Gasteiger partial charge in [0.2, 0.25) is 0 Å². The number of nitrogens with zero attached hydrogens (tertiary/aromatic N) is 2. The molecule has 132 valence electrons. The minimum Gasteiger partial charge on any atom is -0.484 e. The Hall–Kier alpha value is -2.74. The van der Waals surface area contributed by atoms with Crippen LogP contribution < -0.4 is 10.3 Å². The number of aromatic amines is 1. The van der Waals surface area contributed by atoms with Crippen molar-refractivity contribution in [2.75, 3.05) is 26.3 Å². The van der Waals surface area contributed by atoms with Crippen molar-refractivity contribution < 1.29 is 18.7 Å². The normalized spacial score (nSPS) is 17.4. The molecular weight excluding hydrogens is 329 g/mol. The average molecular weight is 347 g/mol. The van der Waals surface area contributed by atoms with Gasteiger partial charge in [0.1, 0.15) is 23.5 Å². The molecule has 1 atom stereocenters.